The van der Waals surface area contributed by atoms with Crippen molar-refractivity contribution in [2.24, 2.45) is 5.92 Å². The number of nitrogens with one attached hydrogen (secondary N) is 2. The number of urea groups is 1. The maximum Gasteiger partial charge on any atom is 0.325 e. The van der Waals surface area contributed by atoms with Gasteiger partial charge in [-0.2, -0.15) is 4.31 Å². The number of hydrogen-bond donors (Lipinski definition) is 2. The molecule has 2 N–H and O–H groups in total. The Labute approximate surface area is 192 Å². The van der Waals surface area contributed by atoms with Crippen molar-refractivity contribution in [1.82, 2.24) is 14.5 Å². The first-order valence-electron chi connectivity index (χ1n) is 10.7. The number of nitrogens with zero attached hydrogens (tertiary/aromatic N) is 2. The van der Waals surface area contributed by atoms with E-state index >= 15 is 0 Å². The van der Waals surface area contributed by atoms with Crippen molar-refractivity contribution in [2.45, 2.75) is 36.7 Å². The first kappa shape index (κ1) is 22.9. The van der Waals surface area contributed by atoms with Crippen LogP contribution in [0, 0.1) is 5.92 Å². The van der Waals surface area contributed by atoms with Gasteiger partial charge < -0.3 is 10.6 Å². The zero-order chi connectivity index (χ0) is 23.8. The Bertz CT molecular complexity index is 1180. The molecule has 10 heteroatoms. The maximum atomic E-state index is 12.8. The topological polar surface area (TPSA) is 116 Å². The summed E-state index contributed by atoms with van der Waals surface area (Å²) in [4.78, 5) is 38.3. The molecule has 2 aromatic rings. The van der Waals surface area contributed by atoms with Crippen LogP contribution in [0.25, 0.3) is 0 Å². The Hall–Kier alpha value is -3.24. The van der Waals surface area contributed by atoms with E-state index in [0.717, 1.165) is 23.3 Å². The van der Waals surface area contributed by atoms with Crippen LogP contribution in [-0.4, -0.2) is 54.6 Å². The minimum atomic E-state index is -3.72. The third-order valence-electron chi connectivity index (χ3n) is 6.09. The summed E-state index contributed by atoms with van der Waals surface area (Å²) in [7, 11) is -2.21. The lowest BCUT2D eigenvalue weighted by Gasteiger charge is -2.20. The van der Waals surface area contributed by atoms with Crippen LogP contribution in [0.3, 0.4) is 0 Å². The van der Waals surface area contributed by atoms with Crippen molar-refractivity contribution in [2.75, 3.05) is 18.9 Å². The van der Waals surface area contributed by atoms with Gasteiger partial charge in [-0.3, -0.25) is 14.5 Å². The average molecular weight is 471 g/mol. The molecule has 0 unspecified atom stereocenters. The number of imide groups is 1. The lowest BCUT2D eigenvalue weighted by Crippen LogP contribution is -2.46. The summed E-state index contributed by atoms with van der Waals surface area (Å²) in [5.74, 6) is -0.833. The van der Waals surface area contributed by atoms with E-state index in [2.05, 4.69) is 10.6 Å². The highest BCUT2D eigenvalue weighted by Gasteiger charge is 2.56. The molecule has 4 amide bonds. The van der Waals surface area contributed by atoms with Crippen LogP contribution in [0.5, 0.6) is 0 Å². The van der Waals surface area contributed by atoms with Gasteiger partial charge in [0.05, 0.1) is 4.90 Å². The highest BCUT2D eigenvalue weighted by molar-refractivity contribution is 7.89. The van der Waals surface area contributed by atoms with Crippen LogP contribution < -0.4 is 10.6 Å². The summed E-state index contributed by atoms with van der Waals surface area (Å²) in [5.41, 5.74) is 0.284. The van der Waals surface area contributed by atoms with E-state index in [9.17, 15) is 22.8 Å². The molecule has 0 spiro atoms. The lowest BCUT2D eigenvalue weighted by atomic mass is 9.96. The number of rotatable bonds is 8. The Balaban J connectivity index is 1.37. The van der Waals surface area contributed by atoms with E-state index in [1.807, 2.05) is 30.3 Å². The molecule has 1 atom stereocenters. The van der Waals surface area contributed by atoms with E-state index in [1.165, 1.54) is 35.6 Å². The Morgan fingerprint density at radius 3 is 2.36 bits per heavy atom. The quantitative estimate of drug-likeness (QED) is 0.574. The average Bonchev–Trinajstić information content (AvgIpc) is 3.61. The molecule has 2 aliphatic rings. The molecule has 0 bridgehead atoms. The van der Waals surface area contributed by atoms with Crippen molar-refractivity contribution in [3.8, 4) is 0 Å². The molecular weight excluding hydrogens is 444 g/mol. The van der Waals surface area contributed by atoms with Crippen molar-refractivity contribution >= 4 is 33.6 Å². The predicted octanol–water partition coefficient (Wildman–Crippen LogP) is 2.17. The second-order valence-corrected chi connectivity index (χ2v) is 10.7. The SMILES string of the molecule is CN(Cc1ccccc1)S(=O)(=O)c1ccc(NC(=O)CN2C(=O)N[C@@](C)(C3CC3)C2=O)cc1. The summed E-state index contributed by atoms with van der Waals surface area (Å²) in [6.45, 7) is 1.51. The molecule has 1 aliphatic carbocycles. The highest BCUT2D eigenvalue weighted by atomic mass is 32.2. The maximum absolute atomic E-state index is 12.8. The first-order chi connectivity index (χ1) is 15.6. The number of carbonyl (C=O) groups excluding carboxylic acids is 3. The first-order valence-corrected chi connectivity index (χ1v) is 12.1. The molecule has 1 saturated heterocycles. The van der Waals surface area contributed by atoms with Gasteiger partial charge >= 0.3 is 6.03 Å². The van der Waals surface area contributed by atoms with Gasteiger partial charge in [-0.15, -0.1) is 0 Å². The third-order valence-corrected chi connectivity index (χ3v) is 7.91. The minimum Gasteiger partial charge on any atom is -0.325 e. The molecule has 33 heavy (non-hydrogen) atoms. The number of anilines is 1. The fourth-order valence-corrected chi connectivity index (χ4v) is 5.12. The summed E-state index contributed by atoms with van der Waals surface area (Å²) < 4.78 is 26.9. The standard InChI is InChI=1S/C23H26N4O5S/c1-23(17-8-9-17)21(29)27(22(30)25-23)15-20(28)24-18-10-12-19(13-11-18)33(31,32)26(2)14-16-6-4-3-5-7-16/h3-7,10-13,17H,8-9,14-15H2,1-2H3,(H,24,28)(H,25,30)/t23-/m0/s1. The van der Waals surface area contributed by atoms with Crippen LogP contribution in [0.1, 0.15) is 25.3 Å². The summed E-state index contributed by atoms with van der Waals surface area (Å²) in [6, 6.07) is 14.4. The van der Waals surface area contributed by atoms with Gasteiger partial charge in [0, 0.05) is 19.3 Å². The Morgan fingerprint density at radius 2 is 1.76 bits per heavy atom. The van der Waals surface area contributed by atoms with Crippen LogP contribution in [0.4, 0.5) is 10.5 Å². The van der Waals surface area contributed by atoms with E-state index < -0.39 is 40.0 Å². The van der Waals surface area contributed by atoms with Crippen molar-refractivity contribution < 1.29 is 22.8 Å². The van der Waals surface area contributed by atoms with Gasteiger partial charge in [-0.05, 0) is 55.5 Å². The van der Waals surface area contributed by atoms with Gasteiger partial charge in [0.1, 0.15) is 12.1 Å². The molecule has 2 fully saturated rings. The monoisotopic (exact) mass is 470 g/mol. The molecule has 1 aliphatic heterocycles. The van der Waals surface area contributed by atoms with Gasteiger partial charge in [0.2, 0.25) is 15.9 Å². The number of amides is 4. The van der Waals surface area contributed by atoms with Gasteiger partial charge in [0.25, 0.3) is 5.91 Å². The van der Waals surface area contributed by atoms with Crippen LogP contribution in [0.15, 0.2) is 59.5 Å². The number of carbonyl (C=O) groups is 3. The van der Waals surface area contributed by atoms with Gasteiger partial charge in [-0.25, -0.2) is 13.2 Å². The van der Waals surface area contributed by atoms with E-state index in [1.54, 1.807) is 6.92 Å². The fraction of sp³-hybridized carbons (Fsp3) is 0.348. The summed E-state index contributed by atoms with van der Waals surface area (Å²) in [5, 5.41) is 5.31. The smallest absolute Gasteiger partial charge is 0.325 e. The molecule has 2 aromatic carbocycles. The molecule has 174 valence electrons. The fourth-order valence-electron chi connectivity index (χ4n) is 3.96. The third kappa shape index (κ3) is 4.62. The highest BCUT2D eigenvalue weighted by Crippen LogP contribution is 2.42. The number of sulfonamides is 1. The van der Waals surface area contributed by atoms with Crippen molar-refractivity contribution in [1.29, 1.82) is 0 Å². The number of hydrogen-bond acceptors (Lipinski definition) is 5. The van der Waals surface area contributed by atoms with Crippen LogP contribution >= 0.6 is 0 Å². The second-order valence-electron chi connectivity index (χ2n) is 8.62. The molecule has 9 nitrogen and oxygen atoms in total. The minimum absolute atomic E-state index is 0.0910. The van der Waals surface area contributed by atoms with E-state index in [0.29, 0.717) is 5.69 Å². The molecule has 4 rings (SSSR count). The van der Waals surface area contributed by atoms with Crippen LogP contribution in [-0.2, 0) is 26.2 Å². The molecule has 0 radical (unpaired) electrons. The summed E-state index contributed by atoms with van der Waals surface area (Å²) >= 11 is 0. The normalized spacial score (nSPS) is 20.8. The lowest BCUT2D eigenvalue weighted by molar-refractivity contribution is -0.134. The zero-order valence-corrected chi connectivity index (χ0v) is 19.3. The summed E-state index contributed by atoms with van der Waals surface area (Å²) in [6.07, 6.45) is 1.75. The van der Waals surface area contributed by atoms with Crippen LogP contribution in [0.2, 0.25) is 0 Å². The zero-order valence-electron chi connectivity index (χ0n) is 18.4. The van der Waals surface area contributed by atoms with E-state index in [4.69, 9.17) is 0 Å². The largest absolute Gasteiger partial charge is 0.325 e. The Kier molecular flexibility index (Phi) is 5.98. The second kappa shape index (κ2) is 8.60. The molecule has 1 heterocycles. The van der Waals surface area contributed by atoms with E-state index in [-0.39, 0.29) is 17.4 Å². The Morgan fingerprint density at radius 1 is 1.12 bits per heavy atom. The van der Waals surface area contributed by atoms with Gasteiger partial charge in [0.15, 0.2) is 0 Å². The van der Waals surface area contributed by atoms with Gasteiger partial charge in [-0.1, -0.05) is 30.3 Å². The predicted molar refractivity (Wildman–Crippen MR) is 122 cm³/mol. The molecule has 1 saturated carbocycles. The molecular formula is C23H26N4O5S. The molecule has 0 aromatic heterocycles. The number of benzene rings is 2. The van der Waals surface area contributed by atoms with Crippen molar-refractivity contribution in [3.63, 3.8) is 0 Å². The van der Waals surface area contributed by atoms with Crippen molar-refractivity contribution in [3.05, 3.63) is 60.2 Å².